The molecule has 2 aliphatic heterocycles. The van der Waals surface area contributed by atoms with Gasteiger partial charge in [-0.1, -0.05) is 65.1 Å². The Kier molecular flexibility index (Phi) is 5.95. The molecular weight excluding hydrogens is 481 g/mol. The highest BCUT2D eigenvalue weighted by Gasteiger charge is 2.32. The van der Waals surface area contributed by atoms with E-state index < -0.39 is 0 Å². The van der Waals surface area contributed by atoms with Gasteiger partial charge in [-0.05, 0) is 48.2 Å². The van der Waals surface area contributed by atoms with Crippen LogP contribution in [-0.4, -0.2) is 18.5 Å². The Morgan fingerprint density at radius 1 is 0.879 bits per heavy atom. The lowest BCUT2D eigenvalue weighted by atomic mass is 9.90. The summed E-state index contributed by atoms with van der Waals surface area (Å²) in [6.07, 6.45) is 1.33. The van der Waals surface area contributed by atoms with Gasteiger partial charge in [0, 0.05) is 35.2 Å². The topological polar surface area (TPSA) is 61.4 Å². The molecule has 0 radical (unpaired) electrons. The minimum absolute atomic E-state index is 0.0516. The minimum Gasteiger partial charge on any atom is -0.356 e. The fourth-order valence-corrected chi connectivity index (χ4v) is 5.34. The van der Waals surface area contributed by atoms with Gasteiger partial charge in [0.1, 0.15) is 0 Å². The molecule has 1 saturated heterocycles. The summed E-state index contributed by atoms with van der Waals surface area (Å²) in [6, 6.07) is 16.4. The van der Waals surface area contributed by atoms with E-state index in [9.17, 15) is 9.59 Å². The Hall–Kier alpha value is -2.73. The van der Waals surface area contributed by atoms with Gasteiger partial charge in [-0.2, -0.15) is 0 Å². The maximum atomic E-state index is 13.1. The monoisotopic (exact) mass is 499 g/mol. The first-order valence-corrected chi connectivity index (χ1v) is 11.8. The second kappa shape index (κ2) is 8.90. The zero-order valence-corrected chi connectivity index (χ0v) is 19.8. The van der Waals surface area contributed by atoms with E-state index >= 15 is 0 Å². The number of hydrogen-bond acceptors (Lipinski definition) is 2. The van der Waals surface area contributed by atoms with Crippen molar-refractivity contribution in [2.75, 3.05) is 11.4 Å². The Morgan fingerprint density at radius 3 is 2.30 bits per heavy atom. The molecule has 0 bridgehead atoms. The van der Waals surface area contributed by atoms with Gasteiger partial charge in [-0.15, -0.1) is 0 Å². The molecule has 33 heavy (non-hydrogen) atoms. The van der Waals surface area contributed by atoms with Crippen LogP contribution < -0.4 is 15.5 Å². The fourth-order valence-electron chi connectivity index (χ4n) is 4.54. The van der Waals surface area contributed by atoms with Crippen molar-refractivity contribution in [1.29, 1.82) is 0 Å². The molecule has 8 heteroatoms. The van der Waals surface area contributed by atoms with Crippen LogP contribution in [0.1, 0.15) is 17.5 Å². The number of anilines is 2. The molecule has 2 aliphatic rings. The Labute approximate surface area is 206 Å². The van der Waals surface area contributed by atoms with Crippen molar-refractivity contribution in [3.63, 3.8) is 0 Å². The molecule has 0 aromatic heterocycles. The first-order chi connectivity index (χ1) is 15.9. The zero-order chi connectivity index (χ0) is 23.1. The predicted octanol–water partition coefficient (Wildman–Crippen LogP) is 6.35. The molecule has 2 heterocycles. The van der Waals surface area contributed by atoms with Crippen LogP contribution in [-0.2, 0) is 17.8 Å². The van der Waals surface area contributed by atoms with Crippen molar-refractivity contribution in [2.45, 2.75) is 19.4 Å². The number of amides is 3. The normalized spacial score (nSPS) is 17.5. The number of fused-ring (bicyclic) bond motifs is 1. The van der Waals surface area contributed by atoms with Gasteiger partial charge in [0.05, 0.1) is 21.4 Å². The molecule has 0 spiro atoms. The van der Waals surface area contributed by atoms with E-state index in [0.29, 0.717) is 46.0 Å². The molecule has 3 aromatic carbocycles. The van der Waals surface area contributed by atoms with Crippen LogP contribution in [0, 0.1) is 5.92 Å². The first kappa shape index (κ1) is 22.1. The number of carbonyl (C=O) groups excluding carboxylic acids is 2. The van der Waals surface area contributed by atoms with Gasteiger partial charge in [0.2, 0.25) is 5.91 Å². The third kappa shape index (κ3) is 4.05. The largest absolute Gasteiger partial charge is 0.356 e. The van der Waals surface area contributed by atoms with Crippen LogP contribution in [0.25, 0.3) is 11.1 Å². The number of para-hydroxylation sites is 1. The highest BCUT2D eigenvalue weighted by Crippen LogP contribution is 2.45. The molecule has 3 aromatic rings. The summed E-state index contributed by atoms with van der Waals surface area (Å²) < 4.78 is 0. The minimum atomic E-state index is -0.321. The second-order valence-corrected chi connectivity index (χ2v) is 9.39. The van der Waals surface area contributed by atoms with E-state index in [1.54, 1.807) is 18.2 Å². The van der Waals surface area contributed by atoms with Crippen LogP contribution in [0.2, 0.25) is 15.1 Å². The second-order valence-electron chi connectivity index (χ2n) is 8.17. The molecule has 0 saturated carbocycles. The summed E-state index contributed by atoms with van der Waals surface area (Å²) in [7, 11) is 0. The van der Waals surface area contributed by atoms with Gasteiger partial charge in [0.25, 0.3) is 0 Å². The van der Waals surface area contributed by atoms with Crippen molar-refractivity contribution >= 4 is 58.1 Å². The van der Waals surface area contributed by atoms with Gasteiger partial charge >= 0.3 is 6.03 Å². The highest BCUT2D eigenvalue weighted by molar-refractivity contribution is 6.40. The molecule has 1 fully saturated rings. The maximum Gasteiger partial charge on any atom is 0.326 e. The highest BCUT2D eigenvalue weighted by atomic mass is 35.5. The number of carbonyl (C=O) groups is 2. The Bertz CT molecular complexity index is 1260. The standard InChI is InChI=1S/C25H20Cl3N3O2/c26-19-5-2-1-4-16(19)17-11-14(10-15-8-9-29-24(15)32)12-22-18(17)13-30-25(33)31(22)23-20(27)6-3-7-21(23)28/h1-7,11-12,15H,8-10,13H2,(H,29,32)(H,30,33). The molecule has 2 N–H and O–H groups in total. The lowest BCUT2D eigenvalue weighted by Crippen LogP contribution is -2.41. The number of halogens is 3. The van der Waals surface area contributed by atoms with E-state index in [-0.39, 0.29) is 17.9 Å². The number of urea groups is 1. The lowest BCUT2D eigenvalue weighted by molar-refractivity contribution is -0.122. The van der Waals surface area contributed by atoms with E-state index in [2.05, 4.69) is 16.7 Å². The molecule has 168 valence electrons. The fraction of sp³-hybridized carbons (Fsp3) is 0.200. The summed E-state index contributed by atoms with van der Waals surface area (Å²) in [5.74, 6) is -0.0623. The van der Waals surface area contributed by atoms with E-state index in [0.717, 1.165) is 28.7 Å². The van der Waals surface area contributed by atoms with E-state index in [4.69, 9.17) is 34.8 Å². The molecule has 1 atom stereocenters. The van der Waals surface area contributed by atoms with Gasteiger partial charge in [-0.25, -0.2) is 4.79 Å². The van der Waals surface area contributed by atoms with Gasteiger partial charge in [-0.3, -0.25) is 9.69 Å². The number of nitrogens with one attached hydrogen (secondary N) is 2. The van der Waals surface area contributed by atoms with Crippen molar-refractivity contribution in [3.8, 4) is 11.1 Å². The number of benzene rings is 3. The zero-order valence-electron chi connectivity index (χ0n) is 17.5. The maximum absolute atomic E-state index is 13.1. The number of nitrogens with zero attached hydrogens (tertiary/aromatic N) is 1. The van der Waals surface area contributed by atoms with Crippen molar-refractivity contribution in [3.05, 3.63) is 80.8 Å². The summed E-state index contributed by atoms with van der Waals surface area (Å²) in [6.45, 7) is 1.01. The average Bonchev–Trinajstić information content (AvgIpc) is 3.19. The van der Waals surface area contributed by atoms with Gasteiger partial charge < -0.3 is 10.6 Å². The number of rotatable bonds is 4. The SMILES string of the molecule is O=C1NCCC1Cc1cc(-c2ccccc2Cl)c2c(c1)N(c1c(Cl)cccc1Cl)C(=O)NC2. The van der Waals surface area contributed by atoms with Crippen molar-refractivity contribution in [1.82, 2.24) is 10.6 Å². The van der Waals surface area contributed by atoms with Crippen molar-refractivity contribution in [2.24, 2.45) is 5.92 Å². The predicted molar refractivity (Wildman–Crippen MR) is 133 cm³/mol. The molecule has 3 amide bonds. The third-order valence-electron chi connectivity index (χ3n) is 6.12. The number of hydrogen-bond donors (Lipinski definition) is 2. The smallest absolute Gasteiger partial charge is 0.326 e. The first-order valence-electron chi connectivity index (χ1n) is 10.6. The van der Waals surface area contributed by atoms with Crippen molar-refractivity contribution < 1.29 is 9.59 Å². The molecule has 5 nitrogen and oxygen atoms in total. The van der Waals surface area contributed by atoms with E-state index in [1.807, 2.05) is 30.3 Å². The Balaban J connectivity index is 1.73. The molecule has 5 rings (SSSR count). The summed E-state index contributed by atoms with van der Waals surface area (Å²) >= 11 is 19.6. The molecule has 1 unspecified atom stereocenters. The van der Waals surface area contributed by atoms with Crippen LogP contribution in [0.3, 0.4) is 0 Å². The van der Waals surface area contributed by atoms with Crippen LogP contribution >= 0.6 is 34.8 Å². The summed E-state index contributed by atoms with van der Waals surface area (Å²) in [5, 5.41) is 7.17. The van der Waals surface area contributed by atoms with E-state index in [1.165, 1.54) is 4.90 Å². The van der Waals surface area contributed by atoms with Gasteiger partial charge in [0.15, 0.2) is 0 Å². The summed E-state index contributed by atoms with van der Waals surface area (Å²) in [5.41, 5.74) is 4.70. The molecule has 0 aliphatic carbocycles. The Morgan fingerprint density at radius 2 is 1.61 bits per heavy atom. The quantitative estimate of drug-likeness (QED) is 0.438. The van der Waals surface area contributed by atoms with Crippen LogP contribution in [0.4, 0.5) is 16.2 Å². The van der Waals surface area contributed by atoms with Crippen LogP contribution in [0.5, 0.6) is 0 Å². The average molecular weight is 501 g/mol. The molecular formula is C25H20Cl3N3O2. The lowest BCUT2D eigenvalue weighted by Gasteiger charge is -2.33. The third-order valence-corrected chi connectivity index (χ3v) is 7.06. The summed E-state index contributed by atoms with van der Waals surface area (Å²) in [4.78, 5) is 26.9. The van der Waals surface area contributed by atoms with Crippen LogP contribution in [0.15, 0.2) is 54.6 Å².